The van der Waals surface area contributed by atoms with Gasteiger partial charge in [0.15, 0.2) is 0 Å². The van der Waals surface area contributed by atoms with Crippen molar-refractivity contribution in [3.63, 3.8) is 0 Å². The molecule has 126 valence electrons. The molecule has 1 aromatic carbocycles. The number of anilines is 3. The first-order valence-electron chi connectivity index (χ1n) is 8.88. The zero-order valence-electron chi connectivity index (χ0n) is 14.5. The molecular formula is C20H25N3O. The minimum Gasteiger partial charge on any atom is -0.381 e. The van der Waals surface area contributed by atoms with Crippen LogP contribution < -0.4 is 10.2 Å². The maximum Gasteiger partial charge on any atom is 0.133 e. The molecule has 0 spiro atoms. The number of nitrogens with one attached hydrogen (secondary N) is 1. The van der Waals surface area contributed by atoms with Crippen LogP contribution in [0.2, 0.25) is 0 Å². The highest BCUT2D eigenvalue weighted by molar-refractivity contribution is 5.69. The smallest absolute Gasteiger partial charge is 0.133 e. The molecule has 2 aromatic rings. The lowest BCUT2D eigenvalue weighted by Crippen LogP contribution is -2.43. The number of hydrogen-bond donors (Lipinski definition) is 1. The van der Waals surface area contributed by atoms with Gasteiger partial charge in [0.25, 0.3) is 0 Å². The monoisotopic (exact) mass is 323 g/mol. The third-order valence-corrected chi connectivity index (χ3v) is 5.39. The van der Waals surface area contributed by atoms with Crippen molar-refractivity contribution < 1.29 is 4.74 Å². The van der Waals surface area contributed by atoms with Gasteiger partial charge < -0.3 is 15.0 Å². The van der Waals surface area contributed by atoms with Crippen LogP contribution in [-0.2, 0) is 17.6 Å². The highest BCUT2D eigenvalue weighted by Crippen LogP contribution is 2.33. The van der Waals surface area contributed by atoms with Crippen LogP contribution in [0.5, 0.6) is 0 Å². The summed E-state index contributed by atoms with van der Waals surface area (Å²) >= 11 is 0. The molecule has 4 heteroatoms. The number of methoxy groups -OCH3 is 1. The van der Waals surface area contributed by atoms with Crippen LogP contribution >= 0.6 is 0 Å². The topological polar surface area (TPSA) is 37.4 Å². The second-order valence-electron chi connectivity index (χ2n) is 6.90. The molecule has 24 heavy (non-hydrogen) atoms. The Morgan fingerprint density at radius 1 is 1.21 bits per heavy atom. The molecule has 4 nitrogen and oxygen atoms in total. The summed E-state index contributed by atoms with van der Waals surface area (Å²) in [5, 5.41) is 3.51. The number of nitrogens with zero attached hydrogens (tertiary/aromatic N) is 2. The number of piperidine rings is 1. The molecule has 1 fully saturated rings. The van der Waals surface area contributed by atoms with E-state index >= 15 is 0 Å². The van der Waals surface area contributed by atoms with Crippen LogP contribution in [0, 0.1) is 0 Å². The third kappa shape index (κ3) is 2.86. The van der Waals surface area contributed by atoms with E-state index in [-0.39, 0.29) is 0 Å². The van der Waals surface area contributed by atoms with E-state index in [2.05, 4.69) is 46.4 Å². The van der Waals surface area contributed by atoms with E-state index in [1.54, 1.807) is 0 Å². The standard InChI is InChI=1S/C20H25N3O/c1-14-12-18(24-2)9-11-23(14)17-7-8-19-16(13-17)6-5-15-4-3-10-21-20(15)22-19/h3-4,7-8,10,13-14,18H,5-6,9,11-12H2,1-2H3,(H,21,22)/t14-,18?/m0/s1. The lowest BCUT2D eigenvalue weighted by atomic mass is 9.98. The predicted molar refractivity (Wildman–Crippen MR) is 98.2 cm³/mol. The maximum absolute atomic E-state index is 5.55. The molecule has 4 rings (SSSR count). The highest BCUT2D eigenvalue weighted by atomic mass is 16.5. The van der Waals surface area contributed by atoms with E-state index < -0.39 is 0 Å². The van der Waals surface area contributed by atoms with Crippen molar-refractivity contribution in [3.8, 4) is 0 Å². The molecule has 1 unspecified atom stereocenters. The summed E-state index contributed by atoms with van der Waals surface area (Å²) in [4.78, 5) is 7.00. The number of ether oxygens (including phenoxy) is 1. The minimum absolute atomic E-state index is 0.402. The van der Waals surface area contributed by atoms with Gasteiger partial charge in [0.1, 0.15) is 5.82 Å². The number of fused-ring (bicyclic) bond motifs is 2. The van der Waals surface area contributed by atoms with E-state index in [9.17, 15) is 0 Å². The Kier molecular flexibility index (Phi) is 4.15. The van der Waals surface area contributed by atoms with E-state index in [0.29, 0.717) is 12.1 Å². The van der Waals surface area contributed by atoms with Gasteiger partial charge in [-0.15, -0.1) is 0 Å². The second-order valence-corrected chi connectivity index (χ2v) is 6.90. The minimum atomic E-state index is 0.402. The second kappa shape index (κ2) is 6.44. The van der Waals surface area contributed by atoms with Gasteiger partial charge in [-0.2, -0.15) is 0 Å². The Bertz CT molecular complexity index is 731. The average molecular weight is 323 g/mol. The van der Waals surface area contributed by atoms with Crippen LogP contribution in [0.15, 0.2) is 36.5 Å². The molecule has 0 radical (unpaired) electrons. The van der Waals surface area contributed by atoms with Crippen molar-refractivity contribution in [3.05, 3.63) is 47.7 Å². The fourth-order valence-corrected chi connectivity index (χ4v) is 3.96. The van der Waals surface area contributed by atoms with E-state index in [1.165, 1.54) is 22.5 Å². The lowest BCUT2D eigenvalue weighted by molar-refractivity contribution is 0.0721. The van der Waals surface area contributed by atoms with Crippen LogP contribution in [0.3, 0.4) is 0 Å². The van der Waals surface area contributed by atoms with E-state index in [1.807, 2.05) is 19.4 Å². The van der Waals surface area contributed by atoms with Crippen molar-refractivity contribution in [2.45, 2.75) is 44.8 Å². The quantitative estimate of drug-likeness (QED) is 0.909. The molecule has 0 aliphatic carbocycles. The first kappa shape index (κ1) is 15.5. The van der Waals surface area contributed by atoms with Crippen LogP contribution in [0.1, 0.15) is 30.9 Å². The maximum atomic E-state index is 5.55. The largest absolute Gasteiger partial charge is 0.381 e. The average Bonchev–Trinajstić information content (AvgIpc) is 2.80. The lowest BCUT2D eigenvalue weighted by Gasteiger charge is -2.39. The Morgan fingerprint density at radius 2 is 2.08 bits per heavy atom. The van der Waals surface area contributed by atoms with Gasteiger partial charge in [-0.05, 0) is 68.0 Å². The van der Waals surface area contributed by atoms with Crippen molar-refractivity contribution in [1.82, 2.24) is 4.98 Å². The van der Waals surface area contributed by atoms with Gasteiger partial charge in [0, 0.05) is 37.3 Å². The number of pyridine rings is 1. The molecule has 0 amide bonds. The third-order valence-electron chi connectivity index (χ3n) is 5.39. The summed E-state index contributed by atoms with van der Waals surface area (Å²) in [6.07, 6.45) is 6.55. The molecule has 2 aliphatic heterocycles. The molecular weight excluding hydrogens is 298 g/mol. The summed E-state index contributed by atoms with van der Waals surface area (Å²) in [7, 11) is 1.83. The van der Waals surface area contributed by atoms with E-state index in [0.717, 1.165) is 38.0 Å². The van der Waals surface area contributed by atoms with Crippen molar-refractivity contribution in [1.29, 1.82) is 0 Å². The predicted octanol–water partition coefficient (Wildman–Crippen LogP) is 3.93. The van der Waals surface area contributed by atoms with Crippen LogP contribution in [0.4, 0.5) is 17.2 Å². The number of benzene rings is 1. The highest BCUT2D eigenvalue weighted by Gasteiger charge is 2.26. The normalized spacial score (nSPS) is 23.0. The molecule has 2 atom stereocenters. The summed E-state index contributed by atoms with van der Waals surface area (Å²) in [5.41, 5.74) is 5.20. The molecule has 1 saturated heterocycles. The van der Waals surface area contributed by atoms with Crippen molar-refractivity contribution in [2.75, 3.05) is 23.9 Å². The molecule has 2 aliphatic rings. The fraction of sp³-hybridized carbons (Fsp3) is 0.450. The molecule has 3 heterocycles. The summed E-state index contributed by atoms with van der Waals surface area (Å²) in [5.74, 6) is 0.998. The fourth-order valence-electron chi connectivity index (χ4n) is 3.96. The molecule has 0 saturated carbocycles. The Balaban J connectivity index is 1.59. The zero-order chi connectivity index (χ0) is 16.5. The first-order valence-corrected chi connectivity index (χ1v) is 8.88. The van der Waals surface area contributed by atoms with Gasteiger partial charge >= 0.3 is 0 Å². The summed E-state index contributed by atoms with van der Waals surface area (Å²) < 4.78 is 5.55. The van der Waals surface area contributed by atoms with Crippen molar-refractivity contribution >= 4 is 17.2 Å². The zero-order valence-corrected chi connectivity index (χ0v) is 14.5. The van der Waals surface area contributed by atoms with Crippen molar-refractivity contribution in [2.24, 2.45) is 0 Å². The molecule has 0 bridgehead atoms. The van der Waals surface area contributed by atoms with Crippen LogP contribution in [-0.4, -0.2) is 30.8 Å². The molecule has 1 aromatic heterocycles. The first-order chi connectivity index (χ1) is 11.7. The van der Waals surface area contributed by atoms with Gasteiger partial charge in [-0.25, -0.2) is 4.98 Å². The Hall–Kier alpha value is -2.07. The number of rotatable bonds is 2. The number of aryl methyl sites for hydroxylation is 2. The Labute approximate surface area is 143 Å². The summed E-state index contributed by atoms with van der Waals surface area (Å²) in [6.45, 7) is 3.36. The van der Waals surface area contributed by atoms with Gasteiger partial charge in [-0.1, -0.05) is 6.07 Å². The van der Waals surface area contributed by atoms with Gasteiger partial charge in [0.2, 0.25) is 0 Å². The van der Waals surface area contributed by atoms with Crippen LogP contribution in [0.25, 0.3) is 0 Å². The molecule has 1 N–H and O–H groups in total. The van der Waals surface area contributed by atoms with Gasteiger partial charge in [-0.3, -0.25) is 0 Å². The SMILES string of the molecule is COC1CCN(c2ccc3c(c2)CCc2cccnc2N3)[C@@H](C)C1. The van der Waals surface area contributed by atoms with Gasteiger partial charge in [0.05, 0.1) is 6.10 Å². The Morgan fingerprint density at radius 3 is 2.92 bits per heavy atom. The summed E-state index contributed by atoms with van der Waals surface area (Å²) in [6, 6.07) is 11.5. The number of hydrogen-bond acceptors (Lipinski definition) is 4. The van der Waals surface area contributed by atoms with E-state index in [4.69, 9.17) is 4.74 Å². The number of aromatic nitrogens is 1.